The number of hydrogen-bond donors (Lipinski definition) is 2. The van der Waals surface area contributed by atoms with E-state index in [2.05, 4.69) is 48.5 Å². The van der Waals surface area contributed by atoms with E-state index in [1.165, 1.54) is 0 Å². The number of nitrogens with zero attached hydrogens (tertiary/aromatic N) is 1. The van der Waals surface area contributed by atoms with Crippen LogP contribution < -0.4 is 20.1 Å². The van der Waals surface area contributed by atoms with Gasteiger partial charge in [-0.15, -0.1) is 0 Å². The molecule has 0 aliphatic carbocycles. The van der Waals surface area contributed by atoms with Gasteiger partial charge in [0.05, 0.1) is 24.9 Å². The molecule has 7 nitrogen and oxygen atoms in total. The number of hydrogen-bond acceptors (Lipinski definition) is 5. The zero-order chi connectivity index (χ0) is 21.8. The van der Waals surface area contributed by atoms with Gasteiger partial charge in [-0.25, -0.2) is 0 Å². The summed E-state index contributed by atoms with van der Waals surface area (Å²) < 4.78 is 23.1. The van der Waals surface area contributed by atoms with E-state index in [1.807, 2.05) is 6.07 Å². The summed E-state index contributed by atoms with van der Waals surface area (Å²) >= 11 is 0. The largest absolute Gasteiger partial charge is 0.490 e. The Morgan fingerprint density at radius 1 is 1.13 bits per heavy atom. The topological polar surface area (TPSA) is 73.3 Å². The van der Waals surface area contributed by atoms with Crippen LogP contribution in [0.15, 0.2) is 23.2 Å². The normalized spacial score (nSPS) is 17.3. The lowest BCUT2D eigenvalue weighted by molar-refractivity contribution is -0.0855. The number of ether oxygens (including phenoxy) is 4. The van der Waals surface area contributed by atoms with E-state index in [0.717, 1.165) is 61.9 Å². The van der Waals surface area contributed by atoms with Gasteiger partial charge in [0, 0.05) is 46.8 Å². The first-order valence-electron chi connectivity index (χ1n) is 11.1. The highest BCUT2D eigenvalue weighted by Gasteiger charge is 2.32. The van der Waals surface area contributed by atoms with Crippen molar-refractivity contribution in [2.75, 3.05) is 47.1 Å². The van der Waals surface area contributed by atoms with Crippen molar-refractivity contribution < 1.29 is 18.9 Å². The molecular formula is C23H39N3O4. The van der Waals surface area contributed by atoms with Crippen molar-refractivity contribution >= 4 is 5.96 Å². The zero-order valence-electron chi connectivity index (χ0n) is 19.3. The highest BCUT2D eigenvalue weighted by atomic mass is 16.5. The maximum absolute atomic E-state index is 5.93. The van der Waals surface area contributed by atoms with Crippen molar-refractivity contribution in [2.24, 2.45) is 4.99 Å². The Hall–Kier alpha value is -1.99. The first-order chi connectivity index (χ1) is 14.6. The SMILES string of the molecule is CCCOc1ccc(C(C)NC(=NC)NCC2(OC)CCOCC2)cc1OCCC. The van der Waals surface area contributed by atoms with Crippen molar-refractivity contribution in [3.8, 4) is 11.5 Å². The van der Waals surface area contributed by atoms with Crippen LogP contribution in [0.1, 0.15) is 58.1 Å². The minimum Gasteiger partial charge on any atom is -0.490 e. The standard InChI is InChI=1S/C23H39N3O4/c1-6-12-29-20-9-8-19(16-21(20)30-13-7-2)18(3)26-22(24-4)25-17-23(27-5)10-14-28-15-11-23/h8-9,16,18H,6-7,10-15,17H2,1-5H3,(H2,24,25,26). The van der Waals surface area contributed by atoms with Gasteiger partial charge in [0.25, 0.3) is 0 Å². The Kier molecular flexibility index (Phi) is 10.2. The molecule has 30 heavy (non-hydrogen) atoms. The molecule has 1 fully saturated rings. The van der Waals surface area contributed by atoms with Crippen molar-refractivity contribution in [3.05, 3.63) is 23.8 Å². The second-order valence-electron chi connectivity index (χ2n) is 7.69. The lowest BCUT2D eigenvalue weighted by atomic mass is 9.94. The van der Waals surface area contributed by atoms with Crippen molar-refractivity contribution in [1.82, 2.24) is 10.6 Å². The van der Waals surface area contributed by atoms with Gasteiger partial charge in [0.1, 0.15) is 0 Å². The third kappa shape index (κ3) is 7.06. The quantitative estimate of drug-likeness (QED) is 0.419. The fraction of sp³-hybridized carbons (Fsp3) is 0.696. The second kappa shape index (κ2) is 12.6. The predicted molar refractivity (Wildman–Crippen MR) is 121 cm³/mol. The minimum atomic E-state index is -0.210. The van der Waals surface area contributed by atoms with Crippen LogP contribution in [0.3, 0.4) is 0 Å². The summed E-state index contributed by atoms with van der Waals surface area (Å²) in [5.41, 5.74) is 0.902. The van der Waals surface area contributed by atoms with E-state index in [-0.39, 0.29) is 11.6 Å². The molecule has 0 amide bonds. The number of aliphatic imine (C=N–C) groups is 1. The molecule has 0 spiro atoms. The molecule has 1 unspecified atom stereocenters. The first kappa shape index (κ1) is 24.3. The summed E-state index contributed by atoms with van der Waals surface area (Å²) in [7, 11) is 3.55. The van der Waals surface area contributed by atoms with Gasteiger partial charge in [-0.3, -0.25) is 4.99 Å². The first-order valence-corrected chi connectivity index (χ1v) is 11.1. The van der Waals surface area contributed by atoms with Gasteiger partial charge < -0.3 is 29.6 Å². The van der Waals surface area contributed by atoms with Crippen LogP contribution >= 0.6 is 0 Å². The third-order valence-electron chi connectivity index (χ3n) is 5.38. The second-order valence-corrected chi connectivity index (χ2v) is 7.69. The number of rotatable bonds is 11. The Labute approximate surface area is 181 Å². The minimum absolute atomic E-state index is 0.0496. The van der Waals surface area contributed by atoms with Crippen LogP contribution in [-0.4, -0.2) is 58.7 Å². The van der Waals surface area contributed by atoms with E-state index in [1.54, 1.807) is 14.2 Å². The van der Waals surface area contributed by atoms with Crippen molar-refractivity contribution in [2.45, 2.75) is 58.1 Å². The number of nitrogens with one attached hydrogen (secondary N) is 2. The Morgan fingerprint density at radius 3 is 2.40 bits per heavy atom. The summed E-state index contributed by atoms with van der Waals surface area (Å²) in [6.45, 7) is 9.79. The van der Waals surface area contributed by atoms with E-state index < -0.39 is 0 Å². The van der Waals surface area contributed by atoms with Gasteiger partial charge in [0.2, 0.25) is 0 Å². The van der Waals surface area contributed by atoms with Crippen molar-refractivity contribution in [3.63, 3.8) is 0 Å². The molecule has 1 atom stereocenters. The molecule has 2 rings (SSSR count). The third-order valence-corrected chi connectivity index (χ3v) is 5.38. The molecule has 0 radical (unpaired) electrons. The average Bonchev–Trinajstić information content (AvgIpc) is 2.79. The van der Waals surface area contributed by atoms with Crippen LogP contribution in [0.25, 0.3) is 0 Å². The van der Waals surface area contributed by atoms with E-state index in [9.17, 15) is 0 Å². The van der Waals surface area contributed by atoms with Gasteiger partial charge >= 0.3 is 0 Å². The van der Waals surface area contributed by atoms with Gasteiger partial charge in [-0.1, -0.05) is 19.9 Å². The summed E-state index contributed by atoms with van der Waals surface area (Å²) in [6, 6.07) is 6.17. The molecule has 2 N–H and O–H groups in total. The average molecular weight is 422 g/mol. The summed E-state index contributed by atoms with van der Waals surface area (Å²) in [6.07, 6.45) is 3.67. The molecule has 1 heterocycles. The molecule has 1 aliphatic heterocycles. The summed E-state index contributed by atoms with van der Waals surface area (Å²) in [4.78, 5) is 4.39. The monoisotopic (exact) mass is 421 g/mol. The van der Waals surface area contributed by atoms with Gasteiger partial charge in [0.15, 0.2) is 17.5 Å². The lowest BCUT2D eigenvalue weighted by Gasteiger charge is -2.36. The van der Waals surface area contributed by atoms with Crippen LogP contribution in [-0.2, 0) is 9.47 Å². The van der Waals surface area contributed by atoms with Crippen LogP contribution in [0, 0.1) is 0 Å². The molecule has 0 aromatic heterocycles. The van der Waals surface area contributed by atoms with Crippen LogP contribution in [0.2, 0.25) is 0 Å². The molecular weight excluding hydrogens is 382 g/mol. The smallest absolute Gasteiger partial charge is 0.191 e. The highest BCUT2D eigenvalue weighted by molar-refractivity contribution is 5.80. The molecule has 1 aromatic carbocycles. The molecule has 0 bridgehead atoms. The van der Waals surface area contributed by atoms with E-state index in [0.29, 0.717) is 19.8 Å². The predicted octanol–water partition coefficient (Wildman–Crippen LogP) is 3.69. The molecule has 7 heteroatoms. The van der Waals surface area contributed by atoms with Crippen LogP contribution in [0.5, 0.6) is 11.5 Å². The molecule has 1 aromatic rings. The molecule has 170 valence electrons. The van der Waals surface area contributed by atoms with E-state index in [4.69, 9.17) is 18.9 Å². The van der Waals surface area contributed by atoms with Gasteiger partial charge in [-0.2, -0.15) is 0 Å². The molecule has 1 aliphatic rings. The zero-order valence-corrected chi connectivity index (χ0v) is 19.3. The molecule has 0 saturated carbocycles. The Morgan fingerprint density at radius 2 is 1.80 bits per heavy atom. The summed E-state index contributed by atoms with van der Waals surface area (Å²) in [5, 5.41) is 6.89. The fourth-order valence-electron chi connectivity index (χ4n) is 3.37. The van der Waals surface area contributed by atoms with E-state index >= 15 is 0 Å². The number of methoxy groups -OCH3 is 1. The van der Waals surface area contributed by atoms with Crippen LogP contribution in [0.4, 0.5) is 0 Å². The summed E-state index contributed by atoms with van der Waals surface area (Å²) in [5.74, 6) is 2.33. The number of guanidine groups is 1. The lowest BCUT2D eigenvalue weighted by Crippen LogP contribution is -2.51. The van der Waals surface area contributed by atoms with Crippen molar-refractivity contribution in [1.29, 1.82) is 0 Å². The fourth-order valence-corrected chi connectivity index (χ4v) is 3.37. The Bertz CT molecular complexity index is 660. The number of benzene rings is 1. The highest BCUT2D eigenvalue weighted by Crippen LogP contribution is 2.31. The maximum Gasteiger partial charge on any atom is 0.191 e. The maximum atomic E-state index is 5.93. The molecule has 1 saturated heterocycles. The van der Waals surface area contributed by atoms with Gasteiger partial charge in [-0.05, 0) is 37.5 Å². The Balaban J connectivity index is 2.02.